The van der Waals surface area contributed by atoms with E-state index in [2.05, 4.69) is 5.10 Å². The fourth-order valence-electron chi connectivity index (χ4n) is 1.70. The van der Waals surface area contributed by atoms with E-state index in [0.717, 1.165) is 12.1 Å². The fourth-order valence-corrected chi connectivity index (χ4v) is 1.70. The number of nitrogens with zero attached hydrogens (tertiary/aromatic N) is 2. The molecule has 0 saturated carbocycles. The zero-order valence-corrected chi connectivity index (χ0v) is 9.29. The van der Waals surface area contributed by atoms with Crippen LogP contribution in [-0.2, 0) is 13.2 Å². The van der Waals surface area contributed by atoms with Crippen LogP contribution >= 0.6 is 0 Å². The smallest absolute Gasteiger partial charge is 0.396 e. The van der Waals surface area contributed by atoms with Gasteiger partial charge in [-0.15, -0.1) is 0 Å². The number of aryl methyl sites for hydroxylation is 1. The van der Waals surface area contributed by atoms with E-state index in [9.17, 15) is 17.6 Å². The highest BCUT2D eigenvalue weighted by Gasteiger charge is 2.34. The molecule has 0 aliphatic rings. The topological polar surface area (TPSA) is 43.8 Å². The van der Waals surface area contributed by atoms with E-state index in [1.165, 1.54) is 16.9 Å². The summed E-state index contributed by atoms with van der Waals surface area (Å²) in [6, 6.07) is 2.73. The highest BCUT2D eigenvalue weighted by Crippen LogP contribution is 2.35. The highest BCUT2D eigenvalue weighted by molar-refractivity contribution is 5.73. The summed E-state index contributed by atoms with van der Waals surface area (Å²) < 4.78 is 52.2. The van der Waals surface area contributed by atoms with E-state index in [-0.39, 0.29) is 11.3 Å². The van der Waals surface area contributed by atoms with Gasteiger partial charge in [0.2, 0.25) is 0 Å². The fraction of sp³-hybridized carbons (Fsp3) is 0.182. The van der Waals surface area contributed by atoms with Crippen molar-refractivity contribution in [3.05, 3.63) is 35.8 Å². The third kappa shape index (κ3) is 2.03. The van der Waals surface area contributed by atoms with Crippen molar-refractivity contribution in [1.29, 1.82) is 0 Å². The maximum atomic E-state index is 13.1. The van der Waals surface area contributed by atoms with Crippen LogP contribution in [0.3, 0.4) is 0 Å². The molecule has 0 amide bonds. The van der Waals surface area contributed by atoms with Gasteiger partial charge in [-0.05, 0) is 18.2 Å². The van der Waals surface area contributed by atoms with E-state index in [1.54, 1.807) is 7.05 Å². The van der Waals surface area contributed by atoms with Gasteiger partial charge < -0.3 is 5.73 Å². The van der Waals surface area contributed by atoms with Crippen molar-refractivity contribution in [3.8, 4) is 11.3 Å². The Bertz CT molecular complexity index is 567. The number of nitrogens with two attached hydrogens (primary N) is 1. The van der Waals surface area contributed by atoms with Gasteiger partial charge in [-0.25, -0.2) is 4.39 Å². The number of nitrogen functional groups attached to an aromatic ring is 1. The summed E-state index contributed by atoms with van der Waals surface area (Å²) in [7, 11) is 1.54. The molecule has 0 spiro atoms. The molecule has 0 fully saturated rings. The minimum absolute atomic E-state index is 0.168. The van der Waals surface area contributed by atoms with Gasteiger partial charge in [0.15, 0.2) is 0 Å². The first kappa shape index (κ1) is 12.4. The van der Waals surface area contributed by atoms with Crippen LogP contribution in [0.25, 0.3) is 11.3 Å². The summed E-state index contributed by atoms with van der Waals surface area (Å²) >= 11 is 0. The average Bonchev–Trinajstić information content (AvgIpc) is 2.58. The molecule has 0 aliphatic carbocycles. The number of aromatic nitrogens is 2. The Morgan fingerprint density at radius 3 is 2.44 bits per heavy atom. The third-order valence-corrected chi connectivity index (χ3v) is 2.51. The summed E-state index contributed by atoms with van der Waals surface area (Å²) in [5.41, 5.74) is 5.01. The van der Waals surface area contributed by atoms with Crippen LogP contribution in [0.15, 0.2) is 24.4 Å². The number of alkyl halides is 3. The molecule has 1 aromatic carbocycles. The zero-order chi connectivity index (χ0) is 13.5. The standard InChI is InChI=1S/C11H9F4N3/c1-18-10(9(16)5-17-18)6-2-3-8(12)7(4-6)11(13,14)15/h2-5H,16H2,1H3. The Hall–Kier alpha value is -2.05. The second-order valence-electron chi connectivity index (χ2n) is 3.76. The molecule has 0 atom stereocenters. The van der Waals surface area contributed by atoms with Gasteiger partial charge in [-0.2, -0.15) is 18.3 Å². The molecule has 0 saturated heterocycles. The van der Waals surface area contributed by atoms with Crippen LogP contribution in [0.4, 0.5) is 23.2 Å². The highest BCUT2D eigenvalue weighted by atomic mass is 19.4. The van der Waals surface area contributed by atoms with Crippen molar-refractivity contribution >= 4 is 5.69 Å². The molecular weight excluding hydrogens is 250 g/mol. The van der Waals surface area contributed by atoms with Gasteiger partial charge in [-0.3, -0.25) is 4.68 Å². The summed E-state index contributed by atoms with van der Waals surface area (Å²) in [4.78, 5) is 0. The molecule has 96 valence electrons. The first-order valence-corrected chi connectivity index (χ1v) is 4.95. The van der Waals surface area contributed by atoms with E-state index in [0.29, 0.717) is 5.69 Å². The lowest BCUT2D eigenvalue weighted by Crippen LogP contribution is -2.08. The Labute approximate surface area is 99.8 Å². The minimum atomic E-state index is -4.74. The van der Waals surface area contributed by atoms with Gasteiger partial charge in [0.25, 0.3) is 0 Å². The Morgan fingerprint density at radius 1 is 1.28 bits per heavy atom. The largest absolute Gasteiger partial charge is 0.419 e. The molecule has 7 heteroatoms. The van der Waals surface area contributed by atoms with Crippen molar-refractivity contribution in [2.24, 2.45) is 7.05 Å². The minimum Gasteiger partial charge on any atom is -0.396 e. The van der Waals surface area contributed by atoms with E-state index < -0.39 is 17.6 Å². The number of hydrogen-bond acceptors (Lipinski definition) is 2. The van der Waals surface area contributed by atoms with Crippen LogP contribution < -0.4 is 5.73 Å². The predicted molar refractivity (Wildman–Crippen MR) is 58.0 cm³/mol. The third-order valence-electron chi connectivity index (χ3n) is 2.51. The molecule has 0 bridgehead atoms. The summed E-state index contributed by atoms with van der Waals surface area (Å²) in [5.74, 6) is -1.31. The monoisotopic (exact) mass is 259 g/mol. The van der Waals surface area contributed by atoms with Crippen LogP contribution in [0.5, 0.6) is 0 Å². The number of benzene rings is 1. The molecule has 0 radical (unpaired) electrons. The molecule has 0 unspecified atom stereocenters. The molecular formula is C11H9F4N3. The SMILES string of the molecule is Cn1ncc(N)c1-c1ccc(F)c(C(F)(F)F)c1. The summed E-state index contributed by atoms with van der Waals surface area (Å²) in [6.45, 7) is 0. The maximum Gasteiger partial charge on any atom is 0.419 e. The van der Waals surface area contributed by atoms with Crippen molar-refractivity contribution in [1.82, 2.24) is 9.78 Å². The Morgan fingerprint density at radius 2 is 1.94 bits per heavy atom. The summed E-state index contributed by atoms with van der Waals surface area (Å²) in [5, 5.41) is 3.82. The maximum absolute atomic E-state index is 13.1. The predicted octanol–water partition coefficient (Wildman–Crippen LogP) is 2.83. The number of halogens is 4. The Kier molecular flexibility index (Phi) is 2.76. The van der Waals surface area contributed by atoms with Crippen molar-refractivity contribution in [3.63, 3.8) is 0 Å². The molecule has 0 aliphatic heterocycles. The van der Waals surface area contributed by atoms with Crippen LogP contribution in [-0.4, -0.2) is 9.78 Å². The molecule has 18 heavy (non-hydrogen) atoms. The van der Waals surface area contributed by atoms with E-state index in [1.807, 2.05) is 0 Å². The molecule has 2 rings (SSSR count). The van der Waals surface area contributed by atoms with Gasteiger partial charge in [-0.1, -0.05) is 0 Å². The van der Waals surface area contributed by atoms with Gasteiger partial charge >= 0.3 is 6.18 Å². The lowest BCUT2D eigenvalue weighted by molar-refractivity contribution is -0.139. The average molecular weight is 259 g/mol. The Balaban J connectivity index is 2.62. The zero-order valence-electron chi connectivity index (χ0n) is 9.29. The molecule has 1 heterocycles. The summed E-state index contributed by atoms with van der Waals surface area (Å²) in [6.07, 6.45) is -3.42. The van der Waals surface area contributed by atoms with E-state index in [4.69, 9.17) is 5.73 Å². The van der Waals surface area contributed by atoms with Crippen LogP contribution in [0.2, 0.25) is 0 Å². The molecule has 2 N–H and O–H groups in total. The molecule has 1 aromatic heterocycles. The van der Waals surface area contributed by atoms with Crippen LogP contribution in [0.1, 0.15) is 5.56 Å². The van der Waals surface area contributed by atoms with Gasteiger partial charge in [0, 0.05) is 12.6 Å². The number of rotatable bonds is 1. The molecule has 3 nitrogen and oxygen atoms in total. The van der Waals surface area contributed by atoms with Crippen molar-refractivity contribution < 1.29 is 17.6 Å². The van der Waals surface area contributed by atoms with Gasteiger partial charge in [0.1, 0.15) is 5.82 Å². The first-order chi connectivity index (χ1) is 8.30. The molecule has 2 aromatic rings. The van der Waals surface area contributed by atoms with Gasteiger partial charge in [0.05, 0.1) is 23.1 Å². The van der Waals surface area contributed by atoms with Crippen molar-refractivity contribution in [2.45, 2.75) is 6.18 Å². The van der Waals surface area contributed by atoms with E-state index >= 15 is 0 Å². The normalized spacial score (nSPS) is 11.8. The first-order valence-electron chi connectivity index (χ1n) is 4.95. The lowest BCUT2D eigenvalue weighted by atomic mass is 10.1. The lowest BCUT2D eigenvalue weighted by Gasteiger charge is -2.10. The van der Waals surface area contributed by atoms with Crippen molar-refractivity contribution in [2.75, 3.05) is 5.73 Å². The quantitative estimate of drug-likeness (QED) is 0.800. The second-order valence-corrected chi connectivity index (χ2v) is 3.76. The number of anilines is 1. The second kappa shape index (κ2) is 4.01. The number of hydrogen-bond donors (Lipinski definition) is 1. The van der Waals surface area contributed by atoms with Crippen LogP contribution in [0, 0.1) is 5.82 Å².